The molecule has 0 amide bonds. The van der Waals surface area contributed by atoms with Gasteiger partial charge in [-0.3, -0.25) is 0 Å². The number of nitrogens with zero attached hydrogens (tertiary/aromatic N) is 5. The normalized spacial score (nSPS) is 11.5. The molecule has 142 valence electrons. The number of ether oxygens (including phenoxy) is 2. The minimum Gasteiger partial charge on any atom is -0.490 e. The number of hydrogen-bond acceptors (Lipinski definition) is 7. The summed E-state index contributed by atoms with van der Waals surface area (Å²) in [5, 5.41) is 12.9. The lowest BCUT2D eigenvalue weighted by molar-refractivity contribution is -0.161. The SMILES string of the molecule is CC(C)(OCCCCCCCOc1cnc(-n2cncn2)nc1)C(=O)O. The van der Waals surface area contributed by atoms with Crippen LogP contribution in [-0.4, -0.2) is 54.6 Å². The molecule has 0 unspecified atom stereocenters. The summed E-state index contributed by atoms with van der Waals surface area (Å²) in [6, 6.07) is 0. The molecule has 0 aromatic carbocycles. The van der Waals surface area contributed by atoms with Crippen LogP contribution in [0, 0.1) is 0 Å². The van der Waals surface area contributed by atoms with E-state index in [1.807, 2.05) is 0 Å². The van der Waals surface area contributed by atoms with Gasteiger partial charge in [0.15, 0.2) is 11.4 Å². The van der Waals surface area contributed by atoms with Crippen LogP contribution in [0.5, 0.6) is 5.75 Å². The Morgan fingerprint density at radius 3 is 2.38 bits per heavy atom. The molecule has 2 aromatic heterocycles. The van der Waals surface area contributed by atoms with Gasteiger partial charge in [-0.05, 0) is 26.7 Å². The first-order chi connectivity index (χ1) is 12.5. The summed E-state index contributed by atoms with van der Waals surface area (Å²) in [6.45, 7) is 4.20. The smallest absolute Gasteiger partial charge is 0.335 e. The lowest BCUT2D eigenvalue weighted by Gasteiger charge is -2.19. The third kappa shape index (κ3) is 6.40. The lowest BCUT2D eigenvalue weighted by atomic mass is 10.1. The predicted octanol–water partition coefficient (Wildman–Crippen LogP) is 2.27. The molecule has 0 fully saturated rings. The number of hydrogen-bond donors (Lipinski definition) is 1. The van der Waals surface area contributed by atoms with E-state index in [1.54, 1.807) is 26.2 Å². The highest BCUT2D eigenvalue weighted by Gasteiger charge is 2.27. The highest BCUT2D eigenvalue weighted by atomic mass is 16.5. The van der Waals surface area contributed by atoms with Crippen LogP contribution in [0.15, 0.2) is 25.0 Å². The van der Waals surface area contributed by atoms with Crippen molar-refractivity contribution in [2.24, 2.45) is 0 Å². The maximum atomic E-state index is 10.9. The number of aromatic nitrogens is 5. The zero-order valence-corrected chi connectivity index (χ0v) is 15.2. The van der Waals surface area contributed by atoms with Crippen molar-refractivity contribution < 1.29 is 19.4 Å². The fraction of sp³-hybridized carbons (Fsp3) is 0.588. The van der Waals surface area contributed by atoms with Gasteiger partial charge in [-0.1, -0.05) is 19.3 Å². The zero-order valence-electron chi connectivity index (χ0n) is 15.2. The maximum absolute atomic E-state index is 10.9. The average molecular weight is 363 g/mol. The van der Waals surface area contributed by atoms with Gasteiger partial charge in [0.25, 0.3) is 5.95 Å². The fourth-order valence-electron chi connectivity index (χ4n) is 2.13. The minimum absolute atomic E-state index is 0.447. The average Bonchev–Trinajstić information content (AvgIpc) is 3.15. The van der Waals surface area contributed by atoms with E-state index in [0.717, 1.165) is 32.1 Å². The molecular weight excluding hydrogens is 338 g/mol. The number of aliphatic carboxylic acids is 1. The Labute approximate surface area is 152 Å². The molecule has 0 saturated carbocycles. The maximum Gasteiger partial charge on any atom is 0.335 e. The third-order valence-corrected chi connectivity index (χ3v) is 3.77. The number of rotatable bonds is 12. The van der Waals surface area contributed by atoms with Gasteiger partial charge in [-0.2, -0.15) is 9.78 Å². The molecule has 0 aliphatic rings. The Morgan fingerprint density at radius 2 is 1.77 bits per heavy atom. The van der Waals surface area contributed by atoms with Crippen molar-refractivity contribution in [1.82, 2.24) is 24.7 Å². The number of unbranched alkanes of at least 4 members (excludes halogenated alkanes) is 4. The van der Waals surface area contributed by atoms with Crippen LogP contribution >= 0.6 is 0 Å². The molecule has 0 saturated heterocycles. The van der Waals surface area contributed by atoms with Gasteiger partial charge in [-0.25, -0.2) is 19.7 Å². The minimum atomic E-state index is -1.11. The van der Waals surface area contributed by atoms with Gasteiger partial charge in [0.1, 0.15) is 12.7 Å². The van der Waals surface area contributed by atoms with Crippen molar-refractivity contribution in [3.8, 4) is 11.7 Å². The number of carbonyl (C=O) groups is 1. The first-order valence-corrected chi connectivity index (χ1v) is 8.66. The van der Waals surface area contributed by atoms with Gasteiger partial charge >= 0.3 is 5.97 Å². The number of carboxylic acids is 1. The van der Waals surface area contributed by atoms with Gasteiger partial charge in [0.05, 0.1) is 19.0 Å². The van der Waals surface area contributed by atoms with E-state index in [4.69, 9.17) is 14.6 Å². The van der Waals surface area contributed by atoms with Crippen LogP contribution in [0.4, 0.5) is 0 Å². The molecule has 9 heteroatoms. The molecule has 2 aromatic rings. The second-order valence-corrected chi connectivity index (χ2v) is 6.34. The Balaban J connectivity index is 1.51. The van der Waals surface area contributed by atoms with Crippen LogP contribution in [-0.2, 0) is 9.53 Å². The van der Waals surface area contributed by atoms with E-state index in [1.165, 1.54) is 17.3 Å². The lowest BCUT2D eigenvalue weighted by Crippen LogP contribution is -2.35. The molecule has 0 bridgehead atoms. The molecule has 1 N–H and O–H groups in total. The largest absolute Gasteiger partial charge is 0.490 e. The molecule has 0 aliphatic heterocycles. The van der Waals surface area contributed by atoms with Crippen LogP contribution in [0.25, 0.3) is 5.95 Å². The van der Waals surface area contributed by atoms with Crippen molar-refractivity contribution >= 4 is 5.97 Å². The molecule has 26 heavy (non-hydrogen) atoms. The van der Waals surface area contributed by atoms with E-state index >= 15 is 0 Å². The molecule has 2 rings (SSSR count). The quantitative estimate of drug-likeness (QED) is 0.572. The molecule has 0 spiro atoms. The summed E-state index contributed by atoms with van der Waals surface area (Å²) in [5.74, 6) is 0.134. The first kappa shape index (κ1) is 19.8. The van der Waals surface area contributed by atoms with E-state index in [9.17, 15) is 4.79 Å². The summed E-state index contributed by atoms with van der Waals surface area (Å²) in [5.41, 5.74) is -1.11. The summed E-state index contributed by atoms with van der Waals surface area (Å²) in [4.78, 5) is 23.1. The molecular formula is C17H25N5O4. The van der Waals surface area contributed by atoms with Crippen molar-refractivity contribution in [1.29, 1.82) is 0 Å². The Hall–Kier alpha value is -2.55. The number of carboxylic acid groups (broad SMARTS) is 1. The van der Waals surface area contributed by atoms with Crippen LogP contribution in [0.2, 0.25) is 0 Å². The van der Waals surface area contributed by atoms with Crippen molar-refractivity contribution in [2.45, 2.75) is 51.6 Å². The van der Waals surface area contributed by atoms with Gasteiger partial charge in [0, 0.05) is 6.61 Å². The standard InChI is InChI=1S/C17H25N5O4/c1-17(2,15(23)24)26-9-7-5-3-4-6-8-25-14-10-19-16(20-11-14)22-13-18-12-21-22/h10-13H,3-9H2,1-2H3,(H,23,24). The van der Waals surface area contributed by atoms with Gasteiger partial charge in [0.2, 0.25) is 0 Å². The third-order valence-electron chi connectivity index (χ3n) is 3.77. The van der Waals surface area contributed by atoms with Crippen molar-refractivity contribution in [2.75, 3.05) is 13.2 Å². The second kappa shape index (κ2) is 9.81. The van der Waals surface area contributed by atoms with Crippen LogP contribution < -0.4 is 4.74 Å². The van der Waals surface area contributed by atoms with E-state index < -0.39 is 11.6 Å². The van der Waals surface area contributed by atoms with E-state index in [-0.39, 0.29) is 0 Å². The summed E-state index contributed by atoms with van der Waals surface area (Å²) in [7, 11) is 0. The molecule has 0 atom stereocenters. The Bertz CT molecular complexity index is 658. The molecule has 9 nitrogen and oxygen atoms in total. The van der Waals surface area contributed by atoms with Crippen molar-refractivity contribution in [3.05, 3.63) is 25.0 Å². The van der Waals surface area contributed by atoms with E-state index in [0.29, 0.717) is 24.9 Å². The van der Waals surface area contributed by atoms with Gasteiger partial charge in [-0.15, -0.1) is 0 Å². The van der Waals surface area contributed by atoms with Crippen LogP contribution in [0.1, 0.15) is 46.0 Å². The molecule has 0 radical (unpaired) electrons. The highest BCUT2D eigenvalue weighted by molar-refractivity contribution is 5.76. The second-order valence-electron chi connectivity index (χ2n) is 6.34. The summed E-state index contributed by atoms with van der Waals surface area (Å²) in [6.07, 6.45) is 11.1. The topological polar surface area (TPSA) is 112 Å². The molecule has 2 heterocycles. The summed E-state index contributed by atoms with van der Waals surface area (Å²) >= 11 is 0. The molecule has 0 aliphatic carbocycles. The van der Waals surface area contributed by atoms with E-state index in [2.05, 4.69) is 20.1 Å². The summed E-state index contributed by atoms with van der Waals surface area (Å²) < 4.78 is 12.5. The van der Waals surface area contributed by atoms with Gasteiger partial charge < -0.3 is 14.6 Å². The van der Waals surface area contributed by atoms with Crippen LogP contribution in [0.3, 0.4) is 0 Å². The zero-order chi connectivity index (χ0) is 18.8. The Morgan fingerprint density at radius 1 is 1.12 bits per heavy atom. The fourth-order valence-corrected chi connectivity index (χ4v) is 2.13. The predicted molar refractivity (Wildman–Crippen MR) is 93.2 cm³/mol. The first-order valence-electron chi connectivity index (χ1n) is 8.66. The van der Waals surface area contributed by atoms with Crippen molar-refractivity contribution in [3.63, 3.8) is 0 Å². The monoisotopic (exact) mass is 363 g/mol. The Kier molecular flexibility index (Phi) is 7.46. The highest BCUT2D eigenvalue weighted by Crippen LogP contribution is 2.12.